The zero-order valence-electron chi connectivity index (χ0n) is 21.4. The van der Waals surface area contributed by atoms with Gasteiger partial charge in [0.25, 0.3) is 0 Å². The van der Waals surface area contributed by atoms with Gasteiger partial charge < -0.3 is 13.3 Å². The summed E-state index contributed by atoms with van der Waals surface area (Å²) in [6, 6.07) is 11.4. The van der Waals surface area contributed by atoms with Crippen molar-refractivity contribution in [2.75, 3.05) is 6.61 Å². The third-order valence-electron chi connectivity index (χ3n) is 6.11. The van der Waals surface area contributed by atoms with Crippen LogP contribution in [-0.4, -0.2) is 26.3 Å². The maximum absolute atomic E-state index is 12.6. The molecule has 0 saturated heterocycles. The molecule has 0 N–H and O–H groups in total. The van der Waals surface area contributed by atoms with Crippen molar-refractivity contribution in [3.05, 3.63) is 59.4 Å². The highest BCUT2D eigenvalue weighted by Gasteiger charge is 2.48. The van der Waals surface area contributed by atoms with E-state index in [2.05, 4.69) is 4.18 Å². The number of hydrogen-bond acceptors (Lipinski definition) is 6. The number of furan rings is 1. The van der Waals surface area contributed by atoms with Gasteiger partial charge in [-0.15, -0.1) is 0 Å². The second-order valence-corrected chi connectivity index (χ2v) is 11.6. The molecule has 0 saturated carbocycles. The summed E-state index contributed by atoms with van der Waals surface area (Å²) in [5.41, 5.74) is -3.72. The van der Waals surface area contributed by atoms with Gasteiger partial charge in [0.15, 0.2) is 5.78 Å². The molecule has 3 aromatic rings. The van der Waals surface area contributed by atoms with E-state index < -0.39 is 26.8 Å². The van der Waals surface area contributed by atoms with E-state index in [1.807, 2.05) is 52.8 Å². The molecule has 1 heterocycles. The highest BCUT2D eigenvalue weighted by molar-refractivity contribution is 7.88. The molecule has 10 heteroatoms. The standard InChI is InChI=1S/C27H31F3O6S/c1-6-19(9-7-18-8-12-22(17(2)13-18)34-16-25(31)26(3,4)5)23-14-20-10-11-21(15-24(20)35-23)36-37(32,33)27(28,29)30/h8,10-15,19H,6-7,9,16H2,1-5H3. The van der Waals surface area contributed by atoms with Gasteiger partial charge >= 0.3 is 15.6 Å². The first kappa shape index (κ1) is 28.6. The van der Waals surface area contributed by atoms with Crippen LogP contribution in [0.2, 0.25) is 0 Å². The van der Waals surface area contributed by atoms with E-state index in [-0.39, 0.29) is 23.9 Å². The Bertz CT molecular complexity index is 1370. The molecule has 0 spiro atoms. The van der Waals surface area contributed by atoms with Crippen molar-refractivity contribution in [1.82, 2.24) is 0 Å². The van der Waals surface area contributed by atoms with Crippen molar-refractivity contribution in [3.63, 3.8) is 0 Å². The molecule has 0 radical (unpaired) electrons. The minimum absolute atomic E-state index is 0.0164. The third-order valence-corrected chi connectivity index (χ3v) is 7.09. The lowest BCUT2D eigenvalue weighted by molar-refractivity contribution is -0.128. The Hall–Kier alpha value is -3.01. The van der Waals surface area contributed by atoms with Gasteiger partial charge in [-0.05, 0) is 61.6 Å². The average Bonchev–Trinajstić information content (AvgIpc) is 3.20. The van der Waals surface area contributed by atoms with Crippen LogP contribution in [0, 0.1) is 12.3 Å². The molecular formula is C27H31F3O6S. The normalized spacial score (nSPS) is 13.5. The molecule has 0 aliphatic carbocycles. The van der Waals surface area contributed by atoms with Crippen molar-refractivity contribution in [2.45, 2.75) is 65.3 Å². The van der Waals surface area contributed by atoms with Crippen LogP contribution in [0.3, 0.4) is 0 Å². The summed E-state index contributed by atoms with van der Waals surface area (Å²) < 4.78 is 76.2. The first-order valence-corrected chi connectivity index (χ1v) is 13.3. The lowest BCUT2D eigenvalue weighted by Gasteiger charge is -2.18. The molecule has 6 nitrogen and oxygen atoms in total. The van der Waals surface area contributed by atoms with Crippen LogP contribution in [0.25, 0.3) is 11.0 Å². The monoisotopic (exact) mass is 540 g/mol. The van der Waals surface area contributed by atoms with Crippen molar-refractivity contribution in [3.8, 4) is 11.5 Å². The number of carbonyl (C=O) groups excluding carboxylic acids is 1. The molecular weight excluding hydrogens is 509 g/mol. The van der Waals surface area contributed by atoms with Crippen LogP contribution in [0.15, 0.2) is 46.9 Å². The Labute approximate surface area is 214 Å². The van der Waals surface area contributed by atoms with Crippen molar-refractivity contribution in [2.24, 2.45) is 5.41 Å². The third kappa shape index (κ3) is 7.06. The van der Waals surface area contributed by atoms with Crippen molar-refractivity contribution < 1.29 is 39.7 Å². The smallest absolute Gasteiger partial charge is 0.486 e. The number of hydrogen-bond donors (Lipinski definition) is 0. The molecule has 1 unspecified atom stereocenters. The minimum atomic E-state index is -5.76. The first-order valence-electron chi connectivity index (χ1n) is 11.9. The van der Waals surface area contributed by atoms with Crippen molar-refractivity contribution >= 4 is 26.9 Å². The Morgan fingerprint density at radius 1 is 1.05 bits per heavy atom. The lowest BCUT2D eigenvalue weighted by atomic mass is 9.91. The molecule has 0 aliphatic heterocycles. The van der Waals surface area contributed by atoms with E-state index in [4.69, 9.17) is 9.15 Å². The second kappa shape index (κ2) is 10.8. The fourth-order valence-electron chi connectivity index (χ4n) is 3.74. The zero-order chi connectivity index (χ0) is 27.6. The number of rotatable bonds is 10. The van der Waals surface area contributed by atoms with Crippen LogP contribution < -0.4 is 8.92 Å². The summed E-state index contributed by atoms with van der Waals surface area (Å²) in [4.78, 5) is 12.1. The van der Waals surface area contributed by atoms with Crippen LogP contribution >= 0.6 is 0 Å². The summed E-state index contributed by atoms with van der Waals surface area (Å²) in [6.07, 6.45) is 2.26. The van der Waals surface area contributed by atoms with E-state index in [0.717, 1.165) is 42.5 Å². The second-order valence-electron chi connectivity index (χ2n) is 10.0. The molecule has 0 amide bonds. The Morgan fingerprint density at radius 2 is 1.76 bits per heavy atom. The first-order chi connectivity index (χ1) is 17.1. The SMILES string of the molecule is CCC(CCc1ccc(OCC(=O)C(C)(C)C)c(C)c1)c1cc2ccc(OS(=O)(=O)C(F)(F)F)cc2o1. The van der Waals surface area contributed by atoms with E-state index in [0.29, 0.717) is 16.9 Å². The van der Waals surface area contributed by atoms with E-state index in [1.165, 1.54) is 6.07 Å². The highest BCUT2D eigenvalue weighted by atomic mass is 32.2. The average molecular weight is 541 g/mol. The van der Waals surface area contributed by atoms with Crippen LogP contribution in [-0.2, 0) is 21.3 Å². The molecule has 0 fully saturated rings. The van der Waals surface area contributed by atoms with E-state index in [9.17, 15) is 26.4 Å². The number of ether oxygens (including phenoxy) is 1. The van der Waals surface area contributed by atoms with Gasteiger partial charge in [-0.1, -0.05) is 39.8 Å². The Kier molecular flexibility index (Phi) is 8.31. The van der Waals surface area contributed by atoms with Crippen LogP contribution in [0.1, 0.15) is 63.3 Å². The summed E-state index contributed by atoms with van der Waals surface area (Å²) in [5, 5.41) is 0.632. The van der Waals surface area contributed by atoms with E-state index >= 15 is 0 Å². The maximum Gasteiger partial charge on any atom is 0.534 e. The fourth-order valence-corrected chi connectivity index (χ4v) is 4.19. The van der Waals surface area contributed by atoms with Gasteiger partial charge in [-0.2, -0.15) is 21.6 Å². The largest absolute Gasteiger partial charge is 0.534 e. The summed E-state index contributed by atoms with van der Waals surface area (Å²) in [6.45, 7) is 9.51. The van der Waals surface area contributed by atoms with Crippen LogP contribution in [0.5, 0.6) is 11.5 Å². The Morgan fingerprint density at radius 3 is 2.35 bits per heavy atom. The molecule has 1 aromatic heterocycles. The van der Waals surface area contributed by atoms with Gasteiger partial charge in [0, 0.05) is 22.8 Å². The fraction of sp³-hybridized carbons (Fsp3) is 0.444. The number of carbonyl (C=O) groups is 1. The number of benzene rings is 2. The van der Waals surface area contributed by atoms with Gasteiger partial charge in [0.2, 0.25) is 0 Å². The molecule has 3 rings (SSSR count). The molecule has 0 bridgehead atoms. The van der Waals surface area contributed by atoms with Gasteiger partial charge in [-0.3, -0.25) is 4.79 Å². The van der Waals surface area contributed by atoms with Crippen LogP contribution in [0.4, 0.5) is 13.2 Å². The predicted molar refractivity (Wildman–Crippen MR) is 134 cm³/mol. The molecule has 2 aromatic carbocycles. The molecule has 202 valence electrons. The Balaban J connectivity index is 1.68. The van der Waals surface area contributed by atoms with Gasteiger partial charge in [0.05, 0.1) is 0 Å². The maximum atomic E-state index is 12.6. The molecule has 37 heavy (non-hydrogen) atoms. The highest BCUT2D eigenvalue weighted by Crippen LogP contribution is 2.34. The summed E-state index contributed by atoms with van der Waals surface area (Å²) in [7, 11) is -5.76. The topological polar surface area (TPSA) is 82.8 Å². The quantitative estimate of drug-likeness (QED) is 0.202. The van der Waals surface area contributed by atoms with Gasteiger partial charge in [-0.25, -0.2) is 0 Å². The predicted octanol–water partition coefficient (Wildman–Crippen LogP) is 7.09. The molecule has 0 aliphatic rings. The summed E-state index contributed by atoms with van der Waals surface area (Å²) >= 11 is 0. The minimum Gasteiger partial charge on any atom is -0.486 e. The molecule has 1 atom stereocenters. The number of aryl methyl sites for hydroxylation is 2. The number of Topliss-reactive ketones (excluding diaryl/α,β-unsaturated/α-hetero) is 1. The zero-order valence-corrected chi connectivity index (χ0v) is 22.3. The number of alkyl halides is 3. The number of halogens is 3. The number of ketones is 1. The van der Waals surface area contributed by atoms with Gasteiger partial charge in [0.1, 0.15) is 29.4 Å². The number of fused-ring (bicyclic) bond motifs is 1. The van der Waals surface area contributed by atoms with E-state index in [1.54, 1.807) is 6.07 Å². The lowest BCUT2D eigenvalue weighted by Crippen LogP contribution is -2.27. The summed E-state index contributed by atoms with van der Waals surface area (Å²) in [5.74, 6) is 0.910. The van der Waals surface area contributed by atoms with Crippen molar-refractivity contribution in [1.29, 1.82) is 0 Å².